The van der Waals surface area contributed by atoms with Crippen LogP contribution in [0.1, 0.15) is 52.4 Å². The molecule has 2 heteroatoms. The van der Waals surface area contributed by atoms with Gasteiger partial charge in [-0.2, -0.15) is 0 Å². The fourth-order valence-corrected chi connectivity index (χ4v) is 3.52. The zero-order valence-electron chi connectivity index (χ0n) is 10.9. The smallest absolute Gasteiger partial charge is 0.0469 e. The van der Waals surface area contributed by atoms with E-state index < -0.39 is 0 Å². The summed E-state index contributed by atoms with van der Waals surface area (Å²) in [6.07, 6.45) is 7.52. The fourth-order valence-electron chi connectivity index (χ4n) is 3.52. The monoisotopic (exact) mass is 225 g/mol. The van der Waals surface area contributed by atoms with Crippen LogP contribution in [0.2, 0.25) is 0 Å². The van der Waals surface area contributed by atoms with Gasteiger partial charge in [0, 0.05) is 18.8 Å². The summed E-state index contributed by atoms with van der Waals surface area (Å²) in [5.41, 5.74) is 6.77. The highest BCUT2D eigenvalue weighted by Crippen LogP contribution is 2.41. The average molecular weight is 225 g/mol. The summed E-state index contributed by atoms with van der Waals surface area (Å²) in [5, 5.41) is 0. The molecule has 0 amide bonds. The van der Waals surface area contributed by atoms with E-state index in [2.05, 4.69) is 13.8 Å². The number of ether oxygens (including phenoxy) is 1. The molecule has 0 bridgehead atoms. The van der Waals surface area contributed by atoms with Crippen LogP contribution in [0.15, 0.2) is 0 Å². The van der Waals surface area contributed by atoms with Crippen LogP contribution < -0.4 is 5.73 Å². The maximum atomic E-state index is 6.64. The number of hydrogen-bond acceptors (Lipinski definition) is 2. The van der Waals surface area contributed by atoms with Crippen molar-refractivity contribution in [2.24, 2.45) is 23.5 Å². The Morgan fingerprint density at radius 2 is 1.62 bits per heavy atom. The quantitative estimate of drug-likeness (QED) is 0.784. The van der Waals surface area contributed by atoms with Crippen LogP contribution >= 0.6 is 0 Å². The molecule has 1 heterocycles. The lowest BCUT2D eigenvalue weighted by molar-refractivity contribution is 0.0210. The second kappa shape index (κ2) is 5.05. The second-order valence-electron chi connectivity index (χ2n) is 6.20. The lowest BCUT2D eigenvalue weighted by Crippen LogP contribution is -2.51. The van der Waals surface area contributed by atoms with Crippen LogP contribution in [0.5, 0.6) is 0 Å². The van der Waals surface area contributed by atoms with E-state index in [0.29, 0.717) is 0 Å². The molecule has 1 saturated heterocycles. The highest BCUT2D eigenvalue weighted by Gasteiger charge is 2.39. The first-order valence-electron chi connectivity index (χ1n) is 6.98. The van der Waals surface area contributed by atoms with Crippen molar-refractivity contribution in [1.29, 1.82) is 0 Å². The van der Waals surface area contributed by atoms with Crippen molar-refractivity contribution in [1.82, 2.24) is 0 Å². The topological polar surface area (TPSA) is 35.2 Å². The van der Waals surface area contributed by atoms with Gasteiger partial charge in [0.1, 0.15) is 0 Å². The van der Waals surface area contributed by atoms with Crippen molar-refractivity contribution >= 4 is 0 Å². The molecule has 0 atom stereocenters. The number of rotatable bonds is 2. The third-order valence-corrected chi connectivity index (χ3v) is 4.94. The molecule has 0 aromatic heterocycles. The minimum Gasteiger partial charge on any atom is -0.381 e. The SMILES string of the molecule is CC(C)C1CCC(N)(C2CCOCC2)CC1. The summed E-state index contributed by atoms with van der Waals surface area (Å²) in [4.78, 5) is 0. The van der Waals surface area contributed by atoms with Gasteiger partial charge in [0.2, 0.25) is 0 Å². The first kappa shape index (κ1) is 12.4. The molecule has 0 aromatic rings. The van der Waals surface area contributed by atoms with Crippen molar-refractivity contribution in [3.05, 3.63) is 0 Å². The van der Waals surface area contributed by atoms with Crippen LogP contribution in [-0.4, -0.2) is 18.8 Å². The number of hydrogen-bond donors (Lipinski definition) is 1. The van der Waals surface area contributed by atoms with Crippen LogP contribution in [-0.2, 0) is 4.74 Å². The average Bonchev–Trinajstić information content (AvgIpc) is 2.31. The van der Waals surface area contributed by atoms with Gasteiger partial charge in [0.05, 0.1) is 0 Å². The van der Waals surface area contributed by atoms with E-state index in [1.165, 1.54) is 38.5 Å². The molecular formula is C14H27NO. The summed E-state index contributed by atoms with van der Waals surface area (Å²) >= 11 is 0. The van der Waals surface area contributed by atoms with Gasteiger partial charge in [-0.15, -0.1) is 0 Å². The zero-order chi connectivity index (χ0) is 11.6. The molecular weight excluding hydrogens is 198 g/mol. The zero-order valence-corrected chi connectivity index (χ0v) is 10.9. The van der Waals surface area contributed by atoms with Gasteiger partial charge < -0.3 is 10.5 Å². The lowest BCUT2D eigenvalue weighted by Gasteiger charge is -2.45. The Bertz CT molecular complexity index is 213. The Kier molecular flexibility index (Phi) is 3.91. The Balaban J connectivity index is 1.89. The largest absolute Gasteiger partial charge is 0.381 e. The standard InChI is InChI=1S/C14H27NO/c1-11(2)12-3-7-14(15,8-4-12)13-5-9-16-10-6-13/h11-13H,3-10,15H2,1-2H3. The van der Waals surface area contributed by atoms with Crippen molar-refractivity contribution in [2.45, 2.75) is 57.9 Å². The maximum Gasteiger partial charge on any atom is 0.0469 e. The molecule has 2 fully saturated rings. The van der Waals surface area contributed by atoms with Crippen LogP contribution in [0.4, 0.5) is 0 Å². The predicted octanol–water partition coefficient (Wildman–Crippen LogP) is 2.96. The molecule has 2 aliphatic rings. The minimum atomic E-state index is 0.134. The van der Waals surface area contributed by atoms with Crippen molar-refractivity contribution in [2.75, 3.05) is 13.2 Å². The highest BCUT2D eigenvalue weighted by molar-refractivity contribution is 4.96. The summed E-state index contributed by atoms with van der Waals surface area (Å²) in [5.74, 6) is 2.46. The van der Waals surface area contributed by atoms with Crippen molar-refractivity contribution in [3.63, 3.8) is 0 Å². The fraction of sp³-hybridized carbons (Fsp3) is 1.00. The van der Waals surface area contributed by atoms with E-state index in [9.17, 15) is 0 Å². The number of nitrogens with two attached hydrogens (primary N) is 1. The molecule has 94 valence electrons. The van der Waals surface area contributed by atoms with E-state index in [1.54, 1.807) is 0 Å². The highest BCUT2D eigenvalue weighted by atomic mass is 16.5. The molecule has 16 heavy (non-hydrogen) atoms. The summed E-state index contributed by atoms with van der Waals surface area (Å²) in [6.45, 7) is 6.56. The maximum absolute atomic E-state index is 6.64. The van der Waals surface area contributed by atoms with Gasteiger partial charge in [-0.25, -0.2) is 0 Å². The molecule has 1 aliphatic carbocycles. The van der Waals surface area contributed by atoms with Gasteiger partial charge in [-0.1, -0.05) is 13.8 Å². The Morgan fingerprint density at radius 1 is 1.06 bits per heavy atom. The molecule has 2 N–H and O–H groups in total. The van der Waals surface area contributed by atoms with E-state index in [1.807, 2.05) is 0 Å². The first-order chi connectivity index (χ1) is 7.62. The van der Waals surface area contributed by atoms with E-state index in [-0.39, 0.29) is 5.54 Å². The summed E-state index contributed by atoms with van der Waals surface area (Å²) in [6, 6.07) is 0. The van der Waals surface area contributed by atoms with Gasteiger partial charge >= 0.3 is 0 Å². The molecule has 0 aromatic carbocycles. The normalized spacial score (nSPS) is 37.9. The Morgan fingerprint density at radius 3 is 2.12 bits per heavy atom. The minimum absolute atomic E-state index is 0.134. The Labute approximate surface area is 99.9 Å². The van der Waals surface area contributed by atoms with E-state index in [0.717, 1.165) is 31.0 Å². The van der Waals surface area contributed by atoms with Crippen LogP contribution in [0, 0.1) is 17.8 Å². The molecule has 0 unspecified atom stereocenters. The van der Waals surface area contributed by atoms with Crippen molar-refractivity contribution < 1.29 is 4.74 Å². The first-order valence-corrected chi connectivity index (χ1v) is 6.98. The summed E-state index contributed by atoms with van der Waals surface area (Å²) < 4.78 is 5.44. The molecule has 2 rings (SSSR count). The second-order valence-corrected chi connectivity index (χ2v) is 6.20. The Hall–Kier alpha value is -0.0800. The van der Waals surface area contributed by atoms with Gasteiger partial charge in [0.25, 0.3) is 0 Å². The molecule has 2 nitrogen and oxygen atoms in total. The van der Waals surface area contributed by atoms with Gasteiger partial charge in [-0.3, -0.25) is 0 Å². The summed E-state index contributed by atoms with van der Waals surface area (Å²) in [7, 11) is 0. The van der Waals surface area contributed by atoms with E-state index >= 15 is 0 Å². The van der Waals surface area contributed by atoms with E-state index in [4.69, 9.17) is 10.5 Å². The molecule has 1 saturated carbocycles. The molecule has 0 spiro atoms. The lowest BCUT2D eigenvalue weighted by atomic mass is 9.66. The molecule has 1 aliphatic heterocycles. The third kappa shape index (κ3) is 2.60. The molecule has 0 radical (unpaired) electrons. The van der Waals surface area contributed by atoms with Crippen molar-refractivity contribution in [3.8, 4) is 0 Å². The van der Waals surface area contributed by atoms with Crippen LogP contribution in [0.25, 0.3) is 0 Å². The van der Waals surface area contributed by atoms with Gasteiger partial charge in [0.15, 0.2) is 0 Å². The van der Waals surface area contributed by atoms with Gasteiger partial charge in [-0.05, 0) is 56.3 Å². The predicted molar refractivity (Wildman–Crippen MR) is 67.3 cm³/mol. The third-order valence-electron chi connectivity index (χ3n) is 4.94. The van der Waals surface area contributed by atoms with Crippen LogP contribution in [0.3, 0.4) is 0 Å².